The van der Waals surface area contributed by atoms with Gasteiger partial charge in [-0.15, -0.1) is 0 Å². The molecule has 136 valence electrons. The molecule has 0 radical (unpaired) electrons. The average molecular weight is 369 g/mol. The summed E-state index contributed by atoms with van der Waals surface area (Å²) in [5, 5.41) is 3.47. The summed E-state index contributed by atoms with van der Waals surface area (Å²) in [6.07, 6.45) is 0. The van der Waals surface area contributed by atoms with Gasteiger partial charge in [-0.2, -0.15) is 0 Å². The molecule has 2 N–H and O–H groups in total. The summed E-state index contributed by atoms with van der Waals surface area (Å²) in [5.74, 6) is -1.18. The van der Waals surface area contributed by atoms with Gasteiger partial charge in [0, 0.05) is 5.39 Å². The summed E-state index contributed by atoms with van der Waals surface area (Å²) < 4.78 is 33.0. The number of aromatic nitrogens is 4. The van der Waals surface area contributed by atoms with Crippen molar-refractivity contribution in [2.75, 3.05) is 12.4 Å². The van der Waals surface area contributed by atoms with Crippen LogP contribution in [0.5, 0.6) is 5.75 Å². The number of halogens is 2. The minimum atomic E-state index is -0.624. The molecule has 0 aliphatic heterocycles. The zero-order valence-electron chi connectivity index (χ0n) is 14.3. The van der Waals surface area contributed by atoms with E-state index in [2.05, 4.69) is 25.3 Å². The van der Waals surface area contributed by atoms with E-state index in [0.717, 1.165) is 0 Å². The fourth-order valence-electron chi connectivity index (χ4n) is 2.84. The first-order valence-corrected chi connectivity index (χ1v) is 7.94. The summed E-state index contributed by atoms with van der Waals surface area (Å²) in [4.78, 5) is 27.3. The molecule has 0 saturated carbocycles. The molecule has 0 spiro atoms. The third kappa shape index (κ3) is 2.82. The smallest absolute Gasteiger partial charge is 0.260 e. The van der Waals surface area contributed by atoms with Gasteiger partial charge in [-0.05, 0) is 31.2 Å². The van der Waals surface area contributed by atoms with Crippen molar-refractivity contribution in [3.05, 3.63) is 58.0 Å². The number of methoxy groups -OCH3 is 1. The van der Waals surface area contributed by atoms with Crippen LogP contribution in [0.2, 0.25) is 0 Å². The Bertz CT molecular complexity index is 1260. The van der Waals surface area contributed by atoms with Gasteiger partial charge in [0.1, 0.15) is 16.9 Å². The van der Waals surface area contributed by atoms with Gasteiger partial charge in [0.25, 0.3) is 5.56 Å². The number of hydrogen-bond acceptors (Lipinski definition) is 6. The maximum absolute atomic E-state index is 14.0. The van der Waals surface area contributed by atoms with Crippen LogP contribution in [-0.2, 0) is 0 Å². The van der Waals surface area contributed by atoms with Crippen LogP contribution in [-0.4, -0.2) is 27.0 Å². The van der Waals surface area contributed by atoms with Crippen molar-refractivity contribution in [2.24, 2.45) is 0 Å². The molecule has 2 aromatic carbocycles. The third-order valence-corrected chi connectivity index (χ3v) is 4.09. The first kappa shape index (κ1) is 16.8. The number of nitrogens with one attached hydrogen (secondary N) is 2. The molecule has 2 heterocycles. The van der Waals surface area contributed by atoms with Crippen molar-refractivity contribution in [3.63, 3.8) is 0 Å². The number of fused-ring (bicyclic) bond motifs is 2. The number of aryl methyl sites for hydroxylation is 1. The second kappa shape index (κ2) is 6.27. The van der Waals surface area contributed by atoms with Crippen LogP contribution in [0, 0.1) is 18.6 Å². The predicted octanol–water partition coefficient (Wildman–Crippen LogP) is 3.21. The molecule has 9 heteroatoms. The molecule has 0 fully saturated rings. The monoisotopic (exact) mass is 369 g/mol. The van der Waals surface area contributed by atoms with Crippen molar-refractivity contribution >= 4 is 33.7 Å². The van der Waals surface area contributed by atoms with E-state index in [-0.39, 0.29) is 34.1 Å². The number of H-pyrrole nitrogens is 1. The minimum absolute atomic E-state index is 0.0212. The quantitative estimate of drug-likeness (QED) is 0.576. The first-order valence-electron chi connectivity index (χ1n) is 7.94. The van der Waals surface area contributed by atoms with Crippen molar-refractivity contribution in [1.82, 2.24) is 19.9 Å². The molecule has 7 nitrogen and oxygen atoms in total. The van der Waals surface area contributed by atoms with Crippen molar-refractivity contribution in [3.8, 4) is 5.75 Å². The standard InChI is InChI=1S/C18H13F2N5O2/c1-8-9-6-7-12(20)15(27-2)14(9)23-17(21-8)25-18-22-13-10(16(26)24-18)4-3-5-11(13)19/h3-7H,1-2H3,(H2,21,22,23,24,25,26). The average Bonchev–Trinajstić information content (AvgIpc) is 2.62. The Labute approximate surface area is 151 Å². The lowest BCUT2D eigenvalue weighted by atomic mass is 10.2. The van der Waals surface area contributed by atoms with Gasteiger partial charge in [-0.1, -0.05) is 6.07 Å². The Hall–Kier alpha value is -3.62. The van der Waals surface area contributed by atoms with Crippen LogP contribution < -0.4 is 15.6 Å². The van der Waals surface area contributed by atoms with E-state index in [1.807, 2.05) is 0 Å². The van der Waals surface area contributed by atoms with E-state index >= 15 is 0 Å². The Balaban J connectivity index is 1.85. The highest BCUT2D eigenvalue weighted by Crippen LogP contribution is 2.29. The molecule has 4 rings (SSSR count). The molecular weight excluding hydrogens is 356 g/mol. The van der Waals surface area contributed by atoms with E-state index in [1.165, 1.54) is 31.4 Å². The summed E-state index contributed by atoms with van der Waals surface area (Å²) in [6.45, 7) is 1.72. The zero-order chi connectivity index (χ0) is 19.1. The number of nitrogens with zero attached hydrogens (tertiary/aromatic N) is 3. The van der Waals surface area contributed by atoms with Crippen LogP contribution in [0.15, 0.2) is 35.1 Å². The number of anilines is 2. The third-order valence-electron chi connectivity index (χ3n) is 4.09. The van der Waals surface area contributed by atoms with Crippen molar-refractivity contribution in [2.45, 2.75) is 6.92 Å². The maximum atomic E-state index is 14.0. The fraction of sp³-hybridized carbons (Fsp3) is 0.111. The SMILES string of the molecule is COc1c(F)ccc2c(C)nc(Nc3nc4c(F)cccc4c(=O)[nH]3)nc12. The van der Waals surface area contributed by atoms with E-state index in [1.54, 1.807) is 13.0 Å². The number of benzene rings is 2. The molecule has 4 aromatic rings. The van der Waals surface area contributed by atoms with Crippen LogP contribution in [0.1, 0.15) is 5.69 Å². The molecular formula is C18H13F2N5O2. The Morgan fingerprint density at radius 3 is 2.59 bits per heavy atom. The zero-order valence-corrected chi connectivity index (χ0v) is 14.3. The highest BCUT2D eigenvalue weighted by molar-refractivity contribution is 5.87. The van der Waals surface area contributed by atoms with E-state index < -0.39 is 17.2 Å². The molecule has 0 bridgehead atoms. The second-order valence-corrected chi connectivity index (χ2v) is 5.78. The van der Waals surface area contributed by atoms with Gasteiger partial charge < -0.3 is 4.74 Å². The van der Waals surface area contributed by atoms with Crippen LogP contribution in [0.3, 0.4) is 0 Å². The molecule has 0 amide bonds. The van der Waals surface area contributed by atoms with Crippen molar-refractivity contribution < 1.29 is 13.5 Å². The summed E-state index contributed by atoms with van der Waals surface area (Å²) >= 11 is 0. The fourth-order valence-corrected chi connectivity index (χ4v) is 2.84. The first-order chi connectivity index (χ1) is 13.0. The van der Waals surface area contributed by atoms with E-state index in [9.17, 15) is 13.6 Å². The van der Waals surface area contributed by atoms with Crippen LogP contribution >= 0.6 is 0 Å². The summed E-state index contributed by atoms with van der Waals surface area (Å²) in [5.41, 5.74) is 0.241. The van der Waals surface area contributed by atoms with E-state index in [0.29, 0.717) is 11.1 Å². The Morgan fingerprint density at radius 1 is 1.00 bits per heavy atom. The Kier molecular flexibility index (Phi) is 3.91. The molecule has 0 unspecified atom stereocenters. The van der Waals surface area contributed by atoms with Gasteiger partial charge in [0.15, 0.2) is 11.6 Å². The second-order valence-electron chi connectivity index (χ2n) is 5.78. The number of hydrogen-bond donors (Lipinski definition) is 2. The molecule has 0 aliphatic rings. The summed E-state index contributed by atoms with van der Waals surface area (Å²) in [7, 11) is 1.34. The molecule has 0 aliphatic carbocycles. The highest BCUT2D eigenvalue weighted by Gasteiger charge is 2.15. The van der Waals surface area contributed by atoms with Gasteiger partial charge in [-0.3, -0.25) is 15.1 Å². The molecule has 27 heavy (non-hydrogen) atoms. The lowest BCUT2D eigenvalue weighted by Gasteiger charge is -2.11. The van der Waals surface area contributed by atoms with Crippen molar-refractivity contribution in [1.29, 1.82) is 0 Å². The summed E-state index contributed by atoms with van der Waals surface area (Å²) in [6, 6.07) is 6.94. The number of ether oxygens (including phenoxy) is 1. The highest BCUT2D eigenvalue weighted by atomic mass is 19.1. The van der Waals surface area contributed by atoms with E-state index in [4.69, 9.17) is 4.74 Å². The molecule has 2 aromatic heterocycles. The topological polar surface area (TPSA) is 92.8 Å². The van der Waals surface area contributed by atoms with Gasteiger partial charge in [0.05, 0.1) is 18.2 Å². The van der Waals surface area contributed by atoms with Gasteiger partial charge >= 0.3 is 0 Å². The normalized spacial score (nSPS) is 11.1. The van der Waals surface area contributed by atoms with Crippen LogP contribution in [0.25, 0.3) is 21.8 Å². The van der Waals surface area contributed by atoms with Crippen LogP contribution in [0.4, 0.5) is 20.7 Å². The lowest BCUT2D eigenvalue weighted by molar-refractivity contribution is 0.391. The minimum Gasteiger partial charge on any atom is -0.491 e. The largest absolute Gasteiger partial charge is 0.491 e. The lowest BCUT2D eigenvalue weighted by Crippen LogP contribution is -2.13. The Morgan fingerprint density at radius 2 is 1.81 bits per heavy atom. The van der Waals surface area contributed by atoms with Gasteiger partial charge in [0.2, 0.25) is 11.9 Å². The maximum Gasteiger partial charge on any atom is 0.260 e. The predicted molar refractivity (Wildman–Crippen MR) is 96.4 cm³/mol. The van der Waals surface area contributed by atoms with Gasteiger partial charge in [-0.25, -0.2) is 23.7 Å². The number of rotatable bonds is 3. The molecule has 0 saturated heterocycles. The number of aromatic amines is 1. The molecule has 0 atom stereocenters. The number of para-hydroxylation sites is 1.